The molecule has 0 aliphatic heterocycles. The first kappa shape index (κ1) is 13.5. The molecule has 0 bridgehead atoms. The molecule has 1 aromatic carbocycles. The van der Waals surface area contributed by atoms with Crippen LogP contribution in [0.5, 0.6) is 0 Å². The third kappa shape index (κ3) is 3.27. The maximum Gasteiger partial charge on any atom is 0.416 e. The van der Waals surface area contributed by atoms with Gasteiger partial charge in [0, 0.05) is 19.3 Å². The summed E-state index contributed by atoms with van der Waals surface area (Å²) >= 11 is 0. The summed E-state index contributed by atoms with van der Waals surface area (Å²) < 4.78 is 39.5. The van der Waals surface area contributed by atoms with Crippen LogP contribution in [0.4, 0.5) is 18.9 Å². The van der Waals surface area contributed by atoms with E-state index >= 15 is 0 Å². The molecule has 0 aliphatic carbocycles. The highest BCUT2D eigenvalue weighted by Gasteiger charge is 2.30. The molecule has 0 aliphatic rings. The van der Waals surface area contributed by atoms with Crippen LogP contribution in [0.2, 0.25) is 0 Å². The van der Waals surface area contributed by atoms with Crippen LogP contribution in [-0.4, -0.2) is 9.78 Å². The van der Waals surface area contributed by atoms with E-state index in [1.54, 1.807) is 30.2 Å². The van der Waals surface area contributed by atoms with Gasteiger partial charge in [-0.15, -0.1) is 0 Å². The maximum atomic E-state index is 12.6. The van der Waals surface area contributed by atoms with Crippen LogP contribution in [-0.2, 0) is 13.2 Å². The van der Waals surface area contributed by atoms with Gasteiger partial charge in [-0.05, 0) is 24.6 Å². The second-order valence-corrected chi connectivity index (χ2v) is 4.39. The second-order valence-electron chi connectivity index (χ2n) is 4.39. The first-order valence-corrected chi connectivity index (χ1v) is 5.78. The van der Waals surface area contributed by atoms with Gasteiger partial charge in [0.15, 0.2) is 0 Å². The van der Waals surface area contributed by atoms with Crippen LogP contribution >= 0.6 is 0 Å². The highest BCUT2D eigenvalue weighted by molar-refractivity contribution is 5.42. The number of nitrogens with zero attached hydrogens (tertiary/aromatic N) is 2. The van der Waals surface area contributed by atoms with Gasteiger partial charge >= 0.3 is 6.18 Å². The topological polar surface area (TPSA) is 29.9 Å². The van der Waals surface area contributed by atoms with Crippen molar-refractivity contribution in [2.24, 2.45) is 7.05 Å². The van der Waals surface area contributed by atoms with Crippen LogP contribution in [0.15, 0.2) is 36.7 Å². The van der Waals surface area contributed by atoms with Gasteiger partial charge in [-0.3, -0.25) is 4.68 Å². The number of benzene rings is 1. The third-order valence-corrected chi connectivity index (χ3v) is 2.80. The molecular formula is C13H14F3N3. The summed E-state index contributed by atoms with van der Waals surface area (Å²) in [4.78, 5) is 0. The molecule has 2 aromatic rings. The van der Waals surface area contributed by atoms with Gasteiger partial charge in [-0.2, -0.15) is 18.3 Å². The van der Waals surface area contributed by atoms with Crippen molar-refractivity contribution in [3.63, 3.8) is 0 Å². The zero-order valence-electron chi connectivity index (χ0n) is 10.6. The number of hydrogen-bond donors (Lipinski definition) is 1. The number of anilines is 1. The minimum Gasteiger partial charge on any atom is -0.376 e. The summed E-state index contributed by atoms with van der Waals surface area (Å²) in [5.74, 6) is 0. The molecule has 1 unspecified atom stereocenters. The van der Waals surface area contributed by atoms with E-state index in [0.29, 0.717) is 5.56 Å². The number of halogens is 3. The second kappa shape index (κ2) is 4.95. The Bertz CT molecular complexity index is 560. The lowest BCUT2D eigenvalue weighted by Crippen LogP contribution is -2.09. The number of rotatable bonds is 3. The van der Waals surface area contributed by atoms with Crippen molar-refractivity contribution < 1.29 is 13.2 Å². The molecule has 1 heterocycles. The summed E-state index contributed by atoms with van der Waals surface area (Å²) in [7, 11) is 1.78. The molecule has 0 fully saturated rings. The number of aryl methyl sites for hydroxylation is 1. The lowest BCUT2D eigenvalue weighted by Gasteiger charge is -2.16. The zero-order valence-corrected chi connectivity index (χ0v) is 10.6. The minimum absolute atomic E-state index is 0.230. The first-order chi connectivity index (χ1) is 8.86. The average molecular weight is 269 g/mol. The average Bonchev–Trinajstić information content (AvgIpc) is 2.74. The summed E-state index contributed by atoms with van der Waals surface area (Å²) in [5, 5.41) is 7.10. The molecular weight excluding hydrogens is 255 g/mol. The Kier molecular flexibility index (Phi) is 3.50. The molecule has 1 N–H and O–H groups in total. The molecule has 0 spiro atoms. The Balaban J connectivity index is 2.17. The van der Waals surface area contributed by atoms with Crippen molar-refractivity contribution in [3.8, 4) is 0 Å². The molecule has 0 saturated heterocycles. The van der Waals surface area contributed by atoms with Crippen molar-refractivity contribution >= 4 is 5.69 Å². The first-order valence-electron chi connectivity index (χ1n) is 5.78. The van der Waals surface area contributed by atoms with E-state index in [0.717, 1.165) is 17.8 Å². The van der Waals surface area contributed by atoms with Crippen LogP contribution in [0, 0.1) is 0 Å². The van der Waals surface area contributed by atoms with Crippen LogP contribution in [0.1, 0.15) is 24.1 Å². The van der Waals surface area contributed by atoms with Gasteiger partial charge in [-0.1, -0.05) is 12.1 Å². The highest BCUT2D eigenvalue weighted by atomic mass is 19.4. The van der Waals surface area contributed by atoms with Gasteiger partial charge < -0.3 is 5.32 Å². The molecule has 3 nitrogen and oxygen atoms in total. The van der Waals surface area contributed by atoms with Gasteiger partial charge in [0.05, 0.1) is 17.4 Å². The largest absolute Gasteiger partial charge is 0.416 e. The van der Waals surface area contributed by atoms with E-state index in [1.165, 1.54) is 6.07 Å². The predicted octanol–water partition coefficient (Wildman–Crippen LogP) is 3.61. The fourth-order valence-electron chi connectivity index (χ4n) is 1.81. The van der Waals surface area contributed by atoms with Gasteiger partial charge in [-0.25, -0.2) is 0 Å². The number of nitrogens with one attached hydrogen (secondary N) is 1. The smallest absolute Gasteiger partial charge is 0.376 e. The van der Waals surface area contributed by atoms with E-state index < -0.39 is 11.7 Å². The standard InChI is InChI=1S/C13H14F3N3/c1-9(18-12-7-17-19(2)8-12)10-4-3-5-11(6-10)13(14,15)16/h3-9,18H,1-2H3. The van der Waals surface area contributed by atoms with Crippen LogP contribution < -0.4 is 5.32 Å². The van der Waals surface area contributed by atoms with Crippen molar-refractivity contribution in [2.45, 2.75) is 19.1 Å². The van der Waals surface area contributed by atoms with Crippen molar-refractivity contribution in [3.05, 3.63) is 47.8 Å². The van der Waals surface area contributed by atoms with Gasteiger partial charge in [0.25, 0.3) is 0 Å². The molecule has 1 atom stereocenters. The lowest BCUT2D eigenvalue weighted by molar-refractivity contribution is -0.137. The molecule has 102 valence electrons. The molecule has 6 heteroatoms. The maximum absolute atomic E-state index is 12.6. The monoisotopic (exact) mass is 269 g/mol. The van der Waals surface area contributed by atoms with E-state index in [9.17, 15) is 13.2 Å². The lowest BCUT2D eigenvalue weighted by atomic mass is 10.0. The Morgan fingerprint density at radius 1 is 1.32 bits per heavy atom. The number of alkyl halides is 3. The summed E-state index contributed by atoms with van der Waals surface area (Å²) in [6.07, 6.45) is -0.918. The van der Waals surface area contributed by atoms with E-state index in [2.05, 4.69) is 10.4 Å². The van der Waals surface area contributed by atoms with Crippen molar-refractivity contribution in [1.29, 1.82) is 0 Å². The highest BCUT2D eigenvalue weighted by Crippen LogP contribution is 2.31. The number of aromatic nitrogens is 2. The molecule has 2 rings (SSSR count). The SMILES string of the molecule is CC(Nc1cnn(C)c1)c1cccc(C(F)(F)F)c1. The Morgan fingerprint density at radius 2 is 2.05 bits per heavy atom. The Labute approximate surface area is 109 Å². The fraction of sp³-hybridized carbons (Fsp3) is 0.308. The van der Waals surface area contributed by atoms with E-state index in [-0.39, 0.29) is 6.04 Å². The summed E-state index contributed by atoms with van der Waals surface area (Å²) in [5.41, 5.74) is 0.718. The third-order valence-electron chi connectivity index (χ3n) is 2.80. The van der Waals surface area contributed by atoms with Gasteiger partial charge in [0.1, 0.15) is 0 Å². The zero-order chi connectivity index (χ0) is 14.0. The molecule has 0 saturated carbocycles. The minimum atomic E-state index is -4.32. The van der Waals surface area contributed by atoms with Crippen molar-refractivity contribution in [1.82, 2.24) is 9.78 Å². The van der Waals surface area contributed by atoms with E-state index in [1.807, 2.05) is 6.92 Å². The van der Waals surface area contributed by atoms with Gasteiger partial charge in [0.2, 0.25) is 0 Å². The quantitative estimate of drug-likeness (QED) is 0.922. The molecule has 19 heavy (non-hydrogen) atoms. The fourth-order valence-corrected chi connectivity index (χ4v) is 1.81. The summed E-state index contributed by atoms with van der Waals surface area (Å²) in [6, 6.07) is 5.09. The van der Waals surface area contributed by atoms with Crippen molar-refractivity contribution in [2.75, 3.05) is 5.32 Å². The Morgan fingerprint density at radius 3 is 2.63 bits per heavy atom. The van der Waals surface area contributed by atoms with Crippen LogP contribution in [0.3, 0.4) is 0 Å². The molecule has 0 amide bonds. The molecule has 0 radical (unpaired) electrons. The number of hydrogen-bond acceptors (Lipinski definition) is 2. The normalized spacial score (nSPS) is 13.3. The summed E-state index contributed by atoms with van der Waals surface area (Å²) in [6.45, 7) is 1.81. The van der Waals surface area contributed by atoms with E-state index in [4.69, 9.17) is 0 Å². The Hall–Kier alpha value is -1.98. The predicted molar refractivity (Wildman–Crippen MR) is 66.7 cm³/mol. The van der Waals surface area contributed by atoms with Crippen LogP contribution in [0.25, 0.3) is 0 Å². The molecule has 1 aromatic heterocycles.